The van der Waals surface area contributed by atoms with E-state index in [2.05, 4.69) is 21.2 Å². The number of rotatable bonds is 4. The van der Waals surface area contributed by atoms with Gasteiger partial charge in [0.25, 0.3) is 0 Å². The summed E-state index contributed by atoms with van der Waals surface area (Å²) in [6.07, 6.45) is 3.64. The van der Waals surface area contributed by atoms with Gasteiger partial charge in [0.2, 0.25) is 0 Å². The van der Waals surface area contributed by atoms with Crippen LogP contribution in [0.5, 0.6) is 0 Å². The maximum Gasteiger partial charge on any atom is 0.127 e. The fourth-order valence-corrected chi connectivity index (χ4v) is 2.77. The number of hydrogen-bond acceptors (Lipinski definition) is 2. The molecule has 0 saturated heterocycles. The molecule has 0 aromatic heterocycles. The van der Waals surface area contributed by atoms with Crippen LogP contribution in [0.4, 0.5) is 4.39 Å². The minimum atomic E-state index is -0.160. The Morgan fingerprint density at radius 1 is 1.47 bits per heavy atom. The molecule has 1 aromatic carbocycles. The number of benzene rings is 1. The van der Waals surface area contributed by atoms with Crippen LogP contribution in [-0.2, 0) is 11.3 Å². The normalized spacial score (nSPS) is 24.2. The van der Waals surface area contributed by atoms with Gasteiger partial charge in [0.15, 0.2) is 0 Å². The minimum absolute atomic E-state index is 0.160. The minimum Gasteiger partial charge on any atom is -0.380 e. The molecule has 1 saturated carbocycles. The van der Waals surface area contributed by atoms with E-state index in [1.165, 1.54) is 12.5 Å². The number of hydrogen-bond donors (Lipinski definition) is 1. The molecule has 0 bridgehead atoms. The molecule has 94 valence electrons. The zero-order valence-corrected chi connectivity index (χ0v) is 11.5. The Hall–Kier alpha value is -0.450. The van der Waals surface area contributed by atoms with E-state index >= 15 is 0 Å². The molecule has 1 aliphatic carbocycles. The van der Waals surface area contributed by atoms with Crippen LogP contribution in [0.15, 0.2) is 22.7 Å². The van der Waals surface area contributed by atoms with Crippen LogP contribution in [-0.4, -0.2) is 19.3 Å². The van der Waals surface area contributed by atoms with Crippen molar-refractivity contribution >= 4 is 15.9 Å². The van der Waals surface area contributed by atoms with Gasteiger partial charge in [-0.3, -0.25) is 0 Å². The van der Waals surface area contributed by atoms with Crippen molar-refractivity contribution in [2.75, 3.05) is 7.11 Å². The highest BCUT2D eigenvalue weighted by Crippen LogP contribution is 2.22. The third-order valence-corrected chi connectivity index (χ3v) is 3.81. The first-order valence-electron chi connectivity index (χ1n) is 5.91. The maximum atomic E-state index is 13.5. The highest BCUT2D eigenvalue weighted by molar-refractivity contribution is 9.10. The highest BCUT2D eigenvalue weighted by atomic mass is 79.9. The van der Waals surface area contributed by atoms with E-state index in [0.717, 1.165) is 17.3 Å². The lowest BCUT2D eigenvalue weighted by molar-refractivity contribution is 0.0846. The molecule has 17 heavy (non-hydrogen) atoms. The summed E-state index contributed by atoms with van der Waals surface area (Å²) < 4.78 is 19.8. The predicted octanol–water partition coefficient (Wildman–Crippen LogP) is 3.25. The van der Waals surface area contributed by atoms with Gasteiger partial charge < -0.3 is 10.1 Å². The Bertz CT molecular complexity index is 386. The van der Waals surface area contributed by atoms with Crippen molar-refractivity contribution in [3.05, 3.63) is 34.1 Å². The molecule has 2 atom stereocenters. The van der Waals surface area contributed by atoms with Crippen molar-refractivity contribution in [1.29, 1.82) is 0 Å². The molecule has 0 aliphatic heterocycles. The lowest BCUT2D eigenvalue weighted by Crippen LogP contribution is -2.36. The van der Waals surface area contributed by atoms with E-state index in [-0.39, 0.29) is 11.9 Å². The number of methoxy groups -OCH3 is 1. The molecule has 1 aliphatic rings. The zero-order chi connectivity index (χ0) is 12.3. The number of halogens is 2. The summed E-state index contributed by atoms with van der Waals surface area (Å²) in [5.74, 6) is -0.160. The first-order valence-corrected chi connectivity index (χ1v) is 6.70. The summed E-state index contributed by atoms with van der Waals surface area (Å²) in [5, 5.41) is 3.38. The van der Waals surface area contributed by atoms with Crippen molar-refractivity contribution < 1.29 is 9.13 Å². The summed E-state index contributed by atoms with van der Waals surface area (Å²) in [5.41, 5.74) is 0.695. The van der Waals surface area contributed by atoms with Gasteiger partial charge in [-0.2, -0.15) is 0 Å². The molecule has 0 amide bonds. The molecule has 2 nitrogen and oxygen atoms in total. The second kappa shape index (κ2) is 5.94. The van der Waals surface area contributed by atoms with Gasteiger partial charge in [-0.15, -0.1) is 0 Å². The quantitative estimate of drug-likeness (QED) is 0.922. The van der Waals surface area contributed by atoms with E-state index < -0.39 is 0 Å². The maximum absolute atomic E-state index is 13.5. The summed E-state index contributed by atoms with van der Waals surface area (Å²) >= 11 is 3.36. The van der Waals surface area contributed by atoms with Crippen molar-refractivity contribution in [3.63, 3.8) is 0 Å². The van der Waals surface area contributed by atoms with Crippen LogP contribution in [0.2, 0.25) is 0 Å². The van der Waals surface area contributed by atoms with Gasteiger partial charge in [0.05, 0.1) is 6.10 Å². The molecular formula is C13H17BrFNO. The molecule has 1 N–H and O–H groups in total. The fraction of sp³-hybridized carbons (Fsp3) is 0.538. The summed E-state index contributed by atoms with van der Waals surface area (Å²) in [6.45, 7) is 0.551. The molecule has 0 heterocycles. The van der Waals surface area contributed by atoms with Gasteiger partial charge in [0.1, 0.15) is 5.82 Å². The van der Waals surface area contributed by atoms with Gasteiger partial charge in [-0.05, 0) is 37.5 Å². The average molecular weight is 302 g/mol. The first-order chi connectivity index (χ1) is 8.20. The van der Waals surface area contributed by atoms with E-state index in [1.807, 2.05) is 6.07 Å². The topological polar surface area (TPSA) is 21.3 Å². The molecule has 4 heteroatoms. The Kier molecular flexibility index (Phi) is 4.54. The van der Waals surface area contributed by atoms with Crippen LogP contribution >= 0.6 is 15.9 Å². The Labute approximate surface area is 110 Å². The fourth-order valence-electron chi connectivity index (χ4n) is 2.36. The third kappa shape index (κ3) is 3.27. The predicted molar refractivity (Wildman–Crippen MR) is 69.4 cm³/mol. The van der Waals surface area contributed by atoms with E-state index in [4.69, 9.17) is 4.74 Å². The summed E-state index contributed by atoms with van der Waals surface area (Å²) in [7, 11) is 1.74. The van der Waals surface area contributed by atoms with Crippen molar-refractivity contribution in [1.82, 2.24) is 5.32 Å². The molecule has 1 fully saturated rings. The van der Waals surface area contributed by atoms with Crippen LogP contribution < -0.4 is 5.32 Å². The lowest BCUT2D eigenvalue weighted by atomic mass is 10.1. The smallest absolute Gasteiger partial charge is 0.127 e. The second-order valence-corrected chi connectivity index (χ2v) is 5.34. The van der Waals surface area contributed by atoms with Crippen LogP contribution in [0.1, 0.15) is 24.8 Å². The molecule has 0 radical (unpaired) electrons. The SMILES string of the molecule is COC1CCCC1NCc1cc(Br)ccc1F. The molecule has 2 rings (SSSR count). The molecule has 0 spiro atoms. The van der Waals surface area contributed by atoms with Crippen LogP contribution in [0, 0.1) is 5.82 Å². The zero-order valence-electron chi connectivity index (χ0n) is 9.88. The Morgan fingerprint density at radius 2 is 2.29 bits per heavy atom. The van der Waals surface area contributed by atoms with Crippen LogP contribution in [0.3, 0.4) is 0 Å². The van der Waals surface area contributed by atoms with E-state index in [0.29, 0.717) is 18.2 Å². The van der Waals surface area contributed by atoms with Crippen molar-refractivity contribution in [2.45, 2.75) is 38.0 Å². The van der Waals surface area contributed by atoms with Crippen molar-refractivity contribution in [2.24, 2.45) is 0 Å². The second-order valence-electron chi connectivity index (χ2n) is 4.43. The third-order valence-electron chi connectivity index (χ3n) is 3.32. The largest absolute Gasteiger partial charge is 0.380 e. The standard InChI is InChI=1S/C13H17BrFNO/c1-17-13-4-2-3-12(13)16-8-9-7-10(14)5-6-11(9)15/h5-7,12-13,16H,2-4,8H2,1H3. The van der Waals surface area contributed by atoms with Gasteiger partial charge in [-0.1, -0.05) is 15.9 Å². The lowest BCUT2D eigenvalue weighted by Gasteiger charge is -2.19. The average Bonchev–Trinajstić information content (AvgIpc) is 2.77. The van der Waals surface area contributed by atoms with E-state index in [9.17, 15) is 4.39 Å². The number of ether oxygens (including phenoxy) is 1. The first kappa shape index (κ1) is 13.0. The van der Waals surface area contributed by atoms with Crippen LogP contribution in [0.25, 0.3) is 0 Å². The highest BCUT2D eigenvalue weighted by Gasteiger charge is 2.26. The van der Waals surface area contributed by atoms with E-state index in [1.54, 1.807) is 13.2 Å². The number of nitrogens with one attached hydrogen (secondary N) is 1. The monoisotopic (exact) mass is 301 g/mol. The summed E-state index contributed by atoms with van der Waals surface area (Å²) in [4.78, 5) is 0. The van der Waals surface area contributed by atoms with Gasteiger partial charge in [0, 0.05) is 29.7 Å². The van der Waals surface area contributed by atoms with Crippen molar-refractivity contribution in [3.8, 4) is 0 Å². The summed E-state index contributed by atoms with van der Waals surface area (Å²) in [6, 6.07) is 5.37. The Balaban J connectivity index is 1.95. The molecule has 2 unspecified atom stereocenters. The molecule has 1 aromatic rings. The molecular weight excluding hydrogens is 285 g/mol. The Morgan fingerprint density at radius 3 is 3.06 bits per heavy atom. The van der Waals surface area contributed by atoms with Gasteiger partial charge in [-0.25, -0.2) is 4.39 Å². The van der Waals surface area contributed by atoms with Gasteiger partial charge >= 0.3 is 0 Å².